The summed E-state index contributed by atoms with van der Waals surface area (Å²) >= 11 is 0. The number of hydrogen-bond acceptors (Lipinski definition) is 2. The van der Waals surface area contributed by atoms with Crippen molar-refractivity contribution in [2.24, 2.45) is 11.8 Å². The lowest BCUT2D eigenvalue weighted by Gasteiger charge is -2.28. The zero-order chi connectivity index (χ0) is 20.3. The Bertz CT molecular complexity index is 683. The van der Waals surface area contributed by atoms with Crippen molar-refractivity contribution in [3.63, 3.8) is 0 Å². The Morgan fingerprint density at radius 1 is 0.828 bits per heavy atom. The molecule has 0 bridgehead atoms. The van der Waals surface area contributed by atoms with Crippen LogP contribution >= 0.6 is 0 Å². The third kappa shape index (κ3) is 7.17. The van der Waals surface area contributed by atoms with Gasteiger partial charge in [-0.05, 0) is 67.5 Å². The van der Waals surface area contributed by atoms with Crippen LogP contribution in [0.2, 0.25) is 0 Å². The largest absolute Gasteiger partial charge is 0.494 e. The van der Waals surface area contributed by atoms with E-state index >= 15 is 0 Å². The van der Waals surface area contributed by atoms with Crippen molar-refractivity contribution in [3.8, 4) is 17.0 Å². The molecule has 0 spiro atoms. The molecule has 1 aromatic heterocycles. The molecule has 0 N–H and O–H groups in total. The van der Waals surface area contributed by atoms with Crippen LogP contribution in [0.25, 0.3) is 11.3 Å². The summed E-state index contributed by atoms with van der Waals surface area (Å²) in [6.45, 7) is 5.01. The Morgan fingerprint density at radius 3 is 2.17 bits per heavy atom. The molecule has 158 valence electrons. The van der Waals surface area contributed by atoms with E-state index in [1.165, 1.54) is 76.2 Å². The Labute approximate surface area is 178 Å². The maximum Gasteiger partial charge on any atom is 0.119 e. The molecular weight excluding hydrogens is 354 g/mol. The van der Waals surface area contributed by atoms with Gasteiger partial charge in [0.25, 0.3) is 0 Å². The highest BCUT2D eigenvalue weighted by molar-refractivity contribution is 5.60. The lowest BCUT2D eigenvalue weighted by molar-refractivity contribution is 0.249. The van der Waals surface area contributed by atoms with Crippen LogP contribution in [-0.4, -0.2) is 11.6 Å². The minimum absolute atomic E-state index is 0.701. The number of unbranched alkanes of at least 4 members (excludes halogenated alkanes) is 3. The molecule has 0 unspecified atom stereocenters. The van der Waals surface area contributed by atoms with E-state index in [2.05, 4.69) is 37.4 Å². The maximum atomic E-state index is 5.52. The average Bonchev–Trinajstić information content (AvgIpc) is 2.77. The van der Waals surface area contributed by atoms with E-state index < -0.39 is 0 Å². The SMILES string of the molecule is CCCCCC[C@H]1CC[C@H](CCc2ccc(-c3ccc(OCC)cc3)nc2)CC1. The first-order valence-electron chi connectivity index (χ1n) is 12.0. The molecule has 1 saturated carbocycles. The van der Waals surface area contributed by atoms with Gasteiger partial charge < -0.3 is 4.74 Å². The van der Waals surface area contributed by atoms with Crippen molar-refractivity contribution in [1.82, 2.24) is 4.98 Å². The lowest BCUT2D eigenvalue weighted by atomic mass is 9.78. The van der Waals surface area contributed by atoms with Gasteiger partial charge in [-0.15, -0.1) is 0 Å². The van der Waals surface area contributed by atoms with Crippen molar-refractivity contribution in [2.45, 2.75) is 84.5 Å². The minimum atomic E-state index is 0.701. The fourth-order valence-corrected chi connectivity index (χ4v) is 4.67. The number of rotatable bonds is 11. The molecule has 0 amide bonds. The molecule has 2 aromatic rings. The van der Waals surface area contributed by atoms with E-state index in [-0.39, 0.29) is 0 Å². The van der Waals surface area contributed by atoms with Gasteiger partial charge in [-0.3, -0.25) is 4.98 Å². The zero-order valence-corrected chi connectivity index (χ0v) is 18.5. The van der Waals surface area contributed by atoms with E-state index in [9.17, 15) is 0 Å². The van der Waals surface area contributed by atoms with Crippen molar-refractivity contribution in [3.05, 3.63) is 48.2 Å². The number of pyridine rings is 1. The van der Waals surface area contributed by atoms with Gasteiger partial charge in [-0.2, -0.15) is 0 Å². The van der Waals surface area contributed by atoms with Gasteiger partial charge in [0.1, 0.15) is 5.75 Å². The van der Waals surface area contributed by atoms with Crippen LogP contribution in [0, 0.1) is 11.8 Å². The standard InChI is InChI=1S/C27H39NO/c1-3-5-6-7-8-22-9-11-23(12-10-22)13-14-24-15-20-27(28-21-24)25-16-18-26(19-17-25)29-4-2/h15-23H,3-14H2,1-2H3/t22-,23-. The smallest absolute Gasteiger partial charge is 0.119 e. The molecule has 1 aliphatic rings. The van der Waals surface area contributed by atoms with E-state index in [1.54, 1.807) is 0 Å². The summed E-state index contributed by atoms with van der Waals surface area (Å²) in [5.74, 6) is 2.86. The second kappa shape index (κ2) is 12.0. The first-order chi connectivity index (χ1) is 14.3. The third-order valence-electron chi connectivity index (χ3n) is 6.56. The lowest BCUT2D eigenvalue weighted by Crippen LogP contribution is -2.15. The summed E-state index contributed by atoms with van der Waals surface area (Å²) in [6, 6.07) is 12.7. The third-order valence-corrected chi connectivity index (χ3v) is 6.56. The Morgan fingerprint density at radius 2 is 1.55 bits per heavy atom. The van der Waals surface area contributed by atoms with E-state index in [1.807, 2.05) is 19.1 Å². The van der Waals surface area contributed by atoms with E-state index in [0.717, 1.165) is 28.8 Å². The van der Waals surface area contributed by atoms with E-state index in [0.29, 0.717) is 6.61 Å². The van der Waals surface area contributed by atoms with Crippen LogP contribution in [0.4, 0.5) is 0 Å². The summed E-state index contributed by atoms with van der Waals surface area (Å²) in [7, 11) is 0. The van der Waals surface area contributed by atoms with Crippen molar-refractivity contribution >= 4 is 0 Å². The minimum Gasteiger partial charge on any atom is -0.494 e. The summed E-state index contributed by atoms with van der Waals surface area (Å²) in [5.41, 5.74) is 3.57. The van der Waals surface area contributed by atoms with Gasteiger partial charge in [-0.25, -0.2) is 0 Å². The van der Waals surface area contributed by atoms with Crippen molar-refractivity contribution < 1.29 is 4.74 Å². The summed E-state index contributed by atoms with van der Waals surface area (Å²) < 4.78 is 5.52. The quantitative estimate of drug-likeness (QED) is 0.362. The van der Waals surface area contributed by atoms with Crippen LogP contribution in [0.5, 0.6) is 5.75 Å². The molecule has 0 saturated heterocycles. The van der Waals surface area contributed by atoms with Crippen LogP contribution in [0.15, 0.2) is 42.6 Å². The van der Waals surface area contributed by atoms with Crippen LogP contribution < -0.4 is 4.74 Å². The van der Waals surface area contributed by atoms with Crippen LogP contribution in [0.1, 0.15) is 83.6 Å². The van der Waals surface area contributed by atoms with Gasteiger partial charge in [-0.1, -0.05) is 70.8 Å². The molecule has 0 radical (unpaired) electrons. The number of hydrogen-bond donors (Lipinski definition) is 0. The zero-order valence-electron chi connectivity index (χ0n) is 18.5. The monoisotopic (exact) mass is 393 g/mol. The highest BCUT2D eigenvalue weighted by Crippen LogP contribution is 2.34. The molecule has 29 heavy (non-hydrogen) atoms. The molecule has 3 rings (SSSR count). The number of aryl methyl sites for hydroxylation is 1. The normalized spacial score (nSPS) is 19.2. The topological polar surface area (TPSA) is 22.1 Å². The number of aromatic nitrogens is 1. The van der Waals surface area contributed by atoms with Gasteiger partial charge in [0.05, 0.1) is 12.3 Å². The predicted molar refractivity (Wildman–Crippen MR) is 123 cm³/mol. The highest BCUT2D eigenvalue weighted by atomic mass is 16.5. The molecule has 2 nitrogen and oxygen atoms in total. The molecule has 0 atom stereocenters. The summed E-state index contributed by atoms with van der Waals surface area (Å²) in [6.07, 6.45) is 17.5. The molecule has 0 aliphatic heterocycles. The summed E-state index contributed by atoms with van der Waals surface area (Å²) in [4.78, 5) is 4.71. The Kier molecular flexibility index (Phi) is 9.05. The fraction of sp³-hybridized carbons (Fsp3) is 0.593. The Hall–Kier alpha value is -1.83. The first kappa shape index (κ1) is 21.9. The fourth-order valence-electron chi connectivity index (χ4n) is 4.67. The molecule has 2 heteroatoms. The van der Waals surface area contributed by atoms with Crippen LogP contribution in [0.3, 0.4) is 0 Å². The van der Waals surface area contributed by atoms with Gasteiger partial charge in [0.2, 0.25) is 0 Å². The maximum absolute atomic E-state index is 5.52. The van der Waals surface area contributed by atoms with Gasteiger partial charge in [0, 0.05) is 11.8 Å². The van der Waals surface area contributed by atoms with Gasteiger partial charge >= 0.3 is 0 Å². The molecular formula is C27H39NO. The average molecular weight is 394 g/mol. The highest BCUT2D eigenvalue weighted by Gasteiger charge is 2.20. The molecule has 1 aromatic carbocycles. The van der Waals surface area contributed by atoms with Crippen molar-refractivity contribution in [2.75, 3.05) is 6.61 Å². The molecule has 1 aliphatic carbocycles. The molecule has 1 heterocycles. The predicted octanol–water partition coefficient (Wildman–Crippen LogP) is 7.86. The second-order valence-electron chi connectivity index (χ2n) is 8.78. The number of ether oxygens (including phenoxy) is 1. The summed E-state index contributed by atoms with van der Waals surface area (Å²) in [5, 5.41) is 0. The van der Waals surface area contributed by atoms with Gasteiger partial charge in [0.15, 0.2) is 0 Å². The molecule has 1 fully saturated rings. The Balaban J connectivity index is 1.39. The van der Waals surface area contributed by atoms with Crippen molar-refractivity contribution in [1.29, 1.82) is 0 Å². The van der Waals surface area contributed by atoms with E-state index in [4.69, 9.17) is 9.72 Å². The van der Waals surface area contributed by atoms with Crippen LogP contribution in [-0.2, 0) is 6.42 Å². The second-order valence-corrected chi connectivity index (χ2v) is 8.78. The number of benzene rings is 1. The number of nitrogens with zero attached hydrogens (tertiary/aromatic N) is 1. The first-order valence-corrected chi connectivity index (χ1v) is 12.0.